The molecule has 2 amide bonds. The fourth-order valence-corrected chi connectivity index (χ4v) is 2.81. The van der Waals surface area contributed by atoms with Crippen molar-refractivity contribution < 1.29 is 14.7 Å². The summed E-state index contributed by atoms with van der Waals surface area (Å²) in [6, 6.07) is 8.61. The van der Waals surface area contributed by atoms with Crippen molar-refractivity contribution >= 4 is 11.8 Å². The normalized spacial score (nSPS) is 15.8. The lowest BCUT2D eigenvalue weighted by Crippen LogP contribution is -2.32. The maximum absolute atomic E-state index is 12.2. The molecule has 1 atom stereocenters. The molecule has 1 aromatic rings. The van der Waals surface area contributed by atoms with Crippen LogP contribution in [-0.2, 0) is 16.0 Å². The van der Waals surface area contributed by atoms with E-state index >= 15 is 0 Å². The van der Waals surface area contributed by atoms with Gasteiger partial charge in [-0.15, -0.1) is 0 Å². The van der Waals surface area contributed by atoms with Crippen LogP contribution in [0.5, 0.6) is 0 Å². The molecule has 0 radical (unpaired) electrons. The number of amides is 2. The van der Waals surface area contributed by atoms with Gasteiger partial charge in [0.1, 0.15) is 6.10 Å². The van der Waals surface area contributed by atoms with Gasteiger partial charge in [-0.3, -0.25) is 9.59 Å². The van der Waals surface area contributed by atoms with Gasteiger partial charge in [-0.05, 0) is 29.9 Å². The number of nitrogens with two attached hydrogens (primary N) is 1. The molecule has 1 aromatic carbocycles. The highest BCUT2D eigenvalue weighted by Gasteiger charge is 2.26. The van der Waals surface area contributed by atoms with Crippen LogP contribution in [0.25, 0.3) is 0 Å². The van der Waals surface area contributed by atoms with Gasteiger partial charge in [-0.1, -0.05) is 44.2 Å². The molecule has 5 heteroatoms. The molecule has 3 N–H and O–H groups in total. The summed E-state index contributed by atoms with van der Waals surface area (Å²) in [4.78, 5) is 24.9. The van der Waals surface area contributed by atoms with Crippen LogP contribution in [0.2, 0.25) is 0 Å². The Morgan fingerprint density at radius 1 is 1.29 bits per heavy atom. The van der Waals surface area contributed by atoms with Gasteiger partial charge < -0.3 is 15.7 Å². The van der Waals surface area contributed by atoms with Crippen molar-refractivity contribution in [3.05, 3.63) is 47.0 Å². The lowest BCUT2D eigenvalue weighted by Gasteiger charge is -2.17. The number of carbonyl (C=O) groups excluding carboxylic acids is 2. The first kappa shape index (κ1) is 18.2. The van der Waals surface area contributed by atoms with Crippen molar-refractivity contribution in [2.24, 2.45) is 5.73 Å². The summed E-state index contributed by atoms with van der Waals surface area (Å²) in [6.07, 6.45) is 2.28. The van der Waals surface area contributed by atoms with Crippen LogP contribution in [-0.4, -0.2) is 41.0 Å². The van der Waals surface area contributed by atoms with E-state index in [9.17, 15) is 14.7 Å². The van der Waals surface area contributed by atoms with Crippen molar-refractivity contribution in [3.8, 4) is 0 Å². The average Bonchev–Trinajstić information content (AvgIpc) is 2.88. The van der Waals surface area contributed by atoms with E-state index in [1.165, 1.54) is 11.1 Å². The van der Waals surface area contributed by atoms with Gasteiger partial charge in [0, 0.05) is 25.1 Å². The Balaban J connectivity index is 1.77. The summed E-state index contributed by atoms with van der Waals surface area (Å²) in [6.45, 7) is 5.55. The Hall–Kier alpha value is -2.14. The van der Waals surface area contributed by atoms with E-state index in [-0.39, 0.29) is 12.3 Å². The van der Waals surface area contributed by atoms with Crippen molar-refractivity contribution in [2.45, 2.75) is 45.1 Å². The standard InChI is InChI=1S/C19H26N2O3/c1-13(2)15-7-5-14(6-8-15)4-3-10-21-11-9-16(19(21)24)12-17(22)18(20)23/h5-9,13,17,22H,3-4,10-12H2,1-2H3,(H2,20,23). The van der Waals surface area contributed by atoms with Gasteiger partial charge in [-0.25, -0.2) is 0 Å². The maximum atomic E-state index is 12.2. The fourth-order valence-electron chi connectivity index (χ4n) is 2.81. The van der Waals surface area contributed by atoms with E-state index in [2.05, 4.69) is 38.1 Å². The molecule has 1 unspecified atom stereocenters. The molecular formula is C19H26N2O3. The number of rotatable bonds is 8. The number of aryl methyl sites for hydroxylation is 1. The highest BCUT2D eigenvalue weighted by atomic mass is 16.3. The quantitative estimate of drug-likeness (QED) is 0.761. The third-order valence-electron chi connectivity index (χ3n) is 4.40. The van der Waals surface area contributed by atoms with E-state index in [1.807, 2.05) is 0 Å². The molecule has 0 fully saturated rings. The fraction of sp³-hybridized carbons (Fsp3) is 0.474. The first-order valence-corrected chi connectivity index (χ1v) is 8.43. The number of hydrogen-bond acceptors (Lipinski definition) is 3. The number of primary amides is 1. The predicted octanol–water partition coefficient (Wildman–Crippen LogP) is 1.75. The summed E-state index contributed by atoms with van der Waals surface area (Å²) in [5, 5.41) is 9.49. The summed E-state index contributed by atoms with van der Waals surface area (Å²) in [5.41, 5.74) is 8.10. The Bertz CT molecular complexity index is 620. The van der Waals surface area contributed by atoms with Gasteiger partial charge in [0.05, 0.1) is 0 Å². The molecule has 0 spiro atoms. The van der Waals surface area contributed by atoms with E-state index in [1.54, 1.807) is 11.0 Å². The number of benzene rings is 1. The number of aliphatic hydroxyl groups excluding tert-OH is 1. The lowest BCUT2D eigenvalue weighted by molar-refractivity contribution is -0.127. The molecule has 0 saturated heterocycles. The number of aliphatic hydroxyl groups is 1. The molecule has 1 heterocycles. The van der Waals surface area contributed by atoms with Gasteiger partial charge in [-0.2, -0.15) is 0 Å². The van der Waals surface area contributed by atoms with Crippen LogP contribution < -0.4 is 5.73 Å². The number of hydrogen-bond donors (Lipinski definition) is 2. The minimum absolute atomic E-state index is 0.00132. The van der Waals surface area contributed by atoms with Gasteiger partial charge >= 0.3 is 0 Å². The SMILES string of the molecule is CC(C)c1ccc(CCCN2CC=C(CC(O)C(N)=O)C2=O)cc1. The van der Waals surface area contributed by atoms with Crippen LogP contribution in [0.4, 0.5) is 0 Å². The van der Waals surface area contributed by atoms with Gasteiger partial charge in [0.15, 0.2) is 0 Å². The monoisotopic (exact) mass is 330 g/mol. The van der Waals surface area contributed by atoms with Crippen molar-refractivity contribution in [2.75, 3.05) is 13.1 Å². The summed E-state index contributed by atoms with van der Waals surface area (Å²) in [5.74, 6) is -0.376. The molecule has 0 aromatic heterocycles. The van der Waals surface area contributed by atoms with Crippen LogP contribution in [0.15, 0.2) is 35.9 Å². The number of nitrogens with zero attached hydrogens (tertiary/aromatic N) is 1. The minimum Gasteiger partial charge on any atom is -0.383 e. The molecule has 1 aliphatic rings. The van der Waals surface area contributed by atoms with E-state index in [0.29, 0.717) is 24.6 Å². The van der Waals surface area contributed by atoms with E-state index in [4.69, 9.17) is 5.73 Å². The first-order valence-electron chi connectivity index (χ1n) is 8.43. The zero-order valence-corrected chi connectivity index (χ0v) is 14.4. The highest BCUT2D eigenvalue weighted by molar-refractivity contribution is 5.96. The van der Waals surface area contributed by atoms with Crippen molar-refractivity contribution in [3.63, 3.8) is 0 Å². The molecule has 0 saturated carbocycles. The highest BCUT2D eigenvalue weighted by Crippen LogP contribution is 2.18. The Labute approximate surface area is 143 Å². The molecule has 2 rings (SSSR count). The van der Waals surface area contributed by atoms with Crippen LogP contribution >= 0.6 is 0 Å². The van der Waals surface area contributed by atoms with E-state index in [0.717, 1.165) is 12.8 Å². The van der Waals surface area contributed by atoms with Crippen LogP contribution in [0.3, 0.4) is 0 Å². The van der Waals surface area contributed by atoms with Gasteiger partial charge in [0.25, 0.3) is 0 Å². The zero-order valence-electron chi connectivity index (χ0n) is 14.4. The third kappa shape index (κ3) is 4.68. The predicted molar refractivity (Wildman–Crippen MR) is 93.3 cm³/mol. The lowest BCUT2D eigenvalue weighted by atomic mass is 10.0. The first-order chi connectivity index (χ1) is 11.4. The Morgan fingerprint density at radius 2 is 1.96 bits per heavy atom. The summed E-state index contributed by atoms with van der Waals surface area (Å²) >= 11 is 0. The maximum Gasteiger partial charge on any atom is 0.249 e. The average molecular weight is 330 g/mol. The third-order valence-corrected chi connectivity index (χ3v) is 4.40. The molecule has 0 aliphatic carbocycles. The second kappa shape index (κ2) is 8.11. The molecule has 1 aliphatic heterocycles. The molecule has 24 heavy (non-hydrogen) atoms. The zero-order chi connectivity index (χ0) is 17.7. The minimum atomic E-state index is -1.29. The van der Waals surface area contributed by atoms with Crippen molar-refractivity contribution in [1.29, 1.82) is 0 Å². The van der Waals surface area contributed by atoms with Gasteiger partial charge in [0.2, 0.25) is 11.8 Å². The summed E-state index contributed by atoms with van der Waals surface area (Å²) in [7, 11) is 0. The molecule has 130 valence electrons. The molecule has 0 bridgehead atoms. The smallest absolute Gasteiger partial charge is 0.249 e. The Morgan fingerprint density at radius 3 is 2.54 bits per heavy atom. The topological polar surface area (TPSA) is 83.6 Å². The van der Waals surface area contributed by atoms with E-state index < -0.39 is 12.0 Å². The number of carbonyl (C=O) groups is 2. The molecule has 5 nitrogen and oxygen atoms in total. The van der Waals surface area contributed by atoms with Crippen LogP contribution in [0, 0.1) is 0 Å². The summed E-state index contributed by atoms with van der Waals surface area (Å²) < 4.78 is 0. The molecular weight excluding hydrogens is 304 g/mol. The second-order valence-electron chi connectivity index (χ2n) is 6.60. The second-order valence-corrected chi connectivity index (χ2v) is 6.60. The van der Waals surface area contributed by atoms with Crippen molar-refractivity contribution in [1.82, 2.24) is 4.90 Å². The van der Waals surface area contributed by atoms with Crippen LogP contribution in [0.1, 0.15) is 43.7 Å². The largest absolute Gasteiger partial charge is 0.383 e. The Kier molecular flexibility index (Phi) is 6.15.